The van der Waals surface area contributed by atoms with E-state index in [1.54, 1.807) is 4.70 Å². The monoisotopic (exact) mass is 610 g/mol. The maximum Gasteiger partial charge on any atom is 2.00 e. The molecule has 2 aromatic carbocycles. The van der Waals surface area contributed by atoms with Gasteiger partial charge in [0.05, 0.1) is 0 Å². The summed E-state index contributed by atoms with van der Waals surface area (Å²) >= 11 is 0. The molecule has 0 saturated heterocycles. The standard InChI is InChI=1S/C33H46N2.2C3H5.Ni/c1-5-9-13-23-31-30(22-12-8-4)32(28-20-14-18-26(24-28)16-10-6-2)35(34)33(31)29-21-15-19-27(25-29)17-11-7-3;2*1-3-2;/h14-15,18-21,24-25H,5-13,16-17,22-23H2,1-4H3;2*3H,1-2H2;/q;2*-1;+2. The summed E-state index contributed by atoms with van der Waals surface area (Å²) < 4.78 is 1.55. The predicted octanol–water partition coefficient (Wildman–Crippen LogP) is 12.3. The second kappa shape index (κ2) is 23.8. The van der Waals surface area contributed by atoms with E-state index in [0.717, 1.165) is 67.5 Å². The van der Waals surface area contributed by atoms with Gasteiger partial charge in [0.15, 0.2) is 0 Å². The van der Waals surface area contributed by atoms with E-state index in [1.165, 1.54) is 73.0 Å². The van der Waals surface area contributed by atoms with Crippen LogP contribution in [0.25, 0.3) is 16.9 Å². The first-order valence-electron chi connectivity index (χ1n) is 15.9. The number of hydrogen-bond acceptors (Lipinski definition) is 0. The molecule has 2 nitrogen and oxygen atoms in total. The number of nitrogens with zero attached hydrogens (tertiary/aromatic N) is 2. The second-order valence-electron chi connectivity index (χ2n) is 10.7. The summed E-state index contributed by atoms with van der Waals surface area (Å²) in [6.45, 7) is 22.0. The Morgan fingerprint density at radius 3 is 1.36 bits per heavy atom. The summed E-state index contributed by atoms with van der Waals surface area (Å²) in [6.07, 6.45) is 17.9. The SMILES string of the molecule is C=C[CH2-].C=C[CH2-].CCCCCC1=C(c2cccc(CCCC)c2)[N+](=[N-])C(c2cccc(CCCC)c2)=C1CCCC.[Ni+2]. The van der Waals surface area contributed by atoms with Crippen LogP contribution in [0.15, 0.2) is 85.0 Å². The molecule has 0 saturated carbocycles. The fourth-order valence-electron chi connectivity index (χ4n) is 5.20. The van der Waals surface area contributed by atoms with Crippen LogP contribution < -0.4 is 0 Å². The summed E-state index contributed by atoms with van der Waals surface area (Å²) in [5.41, 5.74) is 21.6. The Labute approximate surface area is 269 Å². The normalized spacial score (nSPS) is 12.1. The van der Waals surface area contributed by atoms with Crippen molar-refractivity contribution in [3.63, 3.8) is 0 Å². The second-order valence-corrected chi connectivity index (χ2v) is 10.7. The maximum absolute atomic E-state index is 11.8. The van der Waals surface area contributed by atoms with E-state index in [-0.39, 0.29) is 16.5 Å². The van der Waals surface area contributed by atoms with E-state index >= 15 is 0 Å². The van der Waals surface area contributed by atoms with Gasteiger partial charge in [-0.15, -0.1) is 0 Å². The minimum absolute atomic E-state index is 0. The largest absolute Gasteiger partial charge is 2.00 e. The molecule has 2 aromatic rings. The topological polar surface area (TPSA) is 25.3 Å². The van der Waals surface area contributed by atoms with E-state index < -0.39 is 0 Å². The van der Waals surface area contributed by atoms with E-state index in [0.29, 0.717) is 0 Å². The Balaban J connectivity index is 0.00000221. The molecule has 0 spiro atoms. The molecule has 3 rings (SSSR count). The number of benzene rings is 2. The van der Waals surface area contributed by atoms with Gasteiger partial charge in [0.25, 0.3) is 0 Å². The average Bonchev–Trinajstić information content (AvgIpc) is 3.25. The smallest absolute Gasteiger partial charge is 0.493 e. The van der Waals surface area contributed by atoms with Crippen LogP contribution in [0, 0.1) is 13.8 Å². The molecular formula is C39H56N2Ni. The molecule has 0 unspecified atom stereocenters. The first-order chi connectivity index (χ1) is 20.0. The van der Waals surface area contributed by atoms with Crippen molar-refractivity contribution in [2.24, 2.45) is 0 Å². The number of hydrogen-bond donors (Lipinski definition) is 0. The van der Waals surface area contributed by atoms with Crippen LogP contribution in [-0.4, -0.2) is 4.70 Å². The van der Waals surface area contributed by atoms with Gasteiger partial charge in [0.1, 0.15) is 0 Å². The summed E-state index contributed by atoms with van der Waals surface area (Å²) in [4.78, 5) is 0. The minimum atomic E-state index is 0. The Morgan fingerprint density at radius 2 is 0.976 bits per heavy atom. The van der Waals surface area contributed by atoms with Crippen molar-refractivity contribution in [2.45, 2.75) is 111 Å². The molecule has 1 aliphatic rings. The van der Waals surface area contributed by atoms with Crippen molar-refractivity contribution < 1.29 is 21.2 Å². The fourth-order valence-corrected chi connectivity index (χ4v) is 5.20. The molecule has 42 heavy (non-hydrogen) atoms. The Kier molecular flexibility index (Phi) is 22.2. The van der Waals surface area contributed by atoms with Crippen LogP contribution in [0.3, 0.4) is 0 Å². The summed E-state index contributed by atoms with van der Waals surface area (Å²) in [5, 5.41) is 0. The van der Waals surface area contributed by atoms with Gasteiger partial charge in [-0.3, -0.25) is 0 Å². The molecule has 0 amide bonds. The van der Waals surface area contributed by atoms with Crippen molar-refractivity contribution >= 4 is 11.4 Å². The van der Waals surface area contributed by atoms with Crippen molar-refractivity contribution in [2.75, 3.05) is 0 Å². The van der Waals surface area contributed by atoms with E-state index in [4.69, 9.17) is 0 Å². The van der Waals surface area contributed by atoms with Crippen LogP contribution in [0.2, 0.25) is 0 Å². The summed E-state index contributed by atoms with van der Waals surface area (Å²) in [5.74, 6) is 0. The van der Waals surface area contributed by atoms with Crippen LogP contribution in [0.1, 0.15) is 121 Å². The zero-order valence-corrected chi connectivity index (χ0v) is 28.0. The minimum Gasteiger partial charge on any atom is -0.493 e. The molecule has 0 bridgehead atoms. The quantitative estimate of drug-likeness (QED) is 0.0829. The number of allylic oxidation sites excluding steroid dienone is 4. The van der Waals surface area contributed by atoms with Gasteiger partial charge in [0.2, 0.25) is 11.4 Å². The maximum atomic E-state index is 11.8. The Bertz CT molecular complexity index is 1130. The summed E-state index contributed by atoms with van der Waals surface area (Å²) in [7, 11) is 0. The third kappa shape index (κ3) is 12.6. The van der Waals surface area contributed by atoms with E-state index in [9.17, 15) is 5.53 Å². The Morgan fingerprint density at radius 1 is 0.619 bits per heavy atom. The molecule has 0 fully saturated rings. The zero-order valence-electron chi connectivity index (χ0n) is 27.0. The third-order valence-electron chi connectivity index (χ3n) is 7.21. The van der Waals surface area contributed by atoms with Crippen LogP contribution >= 0.6 is 0 Å². The van der Waals surface area contributed by atoms with Gasteiger partial charge in [0, 0.05) is 22.3 Å². The van der Waals surface area contributed by atoms with Gasteiger partial charge in [-0.1, -0.05) is 84.1 Å². The van der Waals surface area contributed by atoms with E-state index in [2.05, 4.69) is 103 Å². The molecule has 3 heteroatoms. The number of rotatable bonds is 15. The molecular weight excluding hydrogens is 555 g/mol. The van der Waals surface area contributed by atoms with Gasteiger partial charge < -0.3 is 5.53 Å². The Hall–Kier alpha value is -2.77. The van der Waals surface area contributed by atoms with Crippen molar-refractivity contribution in [3.8, 4) is 0 Å². The molecule has 232 valence electrons. The van der Waals surface area contributed by atoms with Crippen LogP contribution in [0.4, 0.5) is 0 Å². The molecule has 0 aromatic heterocycles. The van der Waals surface area contributed by atoms with Gasteiger partial charge >= 0.3 is 16.5 Å². The van der Waals surface area contributed by atoms with Crippen molar-refractivity contribution in [3.05, 3.63) is 127 Å². The molecule has 0 atom stereocenters. The zero-order chi connectivity index (χ0) is 30.5. The first-order valence-corrected chi connectivity index (χ1v) is 15.9. The van der Waals surface area contributed by atoms with Crippen molar-refractivity contribution in [1.29, 1.82) is 0 Å². The van der Waals surface area contributed by atoms with Gasteiger partial charge in [-0.2, -0.15) is 0 Å². The number of aryl methyl sites for hydroxylation is 2. The summed E-state index contributed by atoms with van der Waals surface area (Å²) in [6, 6.07) is 17.8. The van der Waals surface area contributed by atoms with Crippen molar-refractivity contribution in [1.82, 2.24) is 0 Å². The predicted molar refractivity (Wildman–Crippen MR) is 182 cm³/mol. The average molecular weight is 612 g/mol. The fraction of sp³-hybridized carbons (Fsp3) is 0.436. The molecule has 0 N–H and O–H groups in total. The van der Waals surface area contributed by atoms with Gasteiger partial charge in [-0.05, 0) is 86.8 Å². The molecule has 1 heterocycles. The van der Waals surface area contributed by atoms with Crippen LogP contribution in [-0.2, 0) is 29.3 Å². The molecule has 0 aliphatic carbocycles. The number of unbranched alkanes of at least 4 members (excludes halogenated alkanes) is 5. The molecule has 0 radical (unpaired) electrons. The van der Waals surface area contributed by atoms with E-state index in [1.807, 2.05) is 0 Å². The third-order valence-corrected chi connectivity index (χ3v) is 7.21. The van der Waals surface area contributed by atoms with Crippen LogP contribution in [0.5, 0.6) is 0 Å². The van der Waals surface area contributed by atoms with Gasteiger partial charge in [-0.25, -0.2) is 43.9 Å². The first kappa shape index (κ1) is 39.2. The molecule has 1 aliphatic heterocycles.